The molecule has 3 aromatic rings. The van der Waals surface area contributed by atoms with E-state index >= 15 is 0 Å². The average molecular weight is 544 g/mol. The number of nitrogens with zero attached hydrogens (tertiary/aromatic N) is 4. The number of aromatic nitrogens is 3. The average Bonchev–Trinajstić information content (AvgIpc) is 3.57. The van der Waals surface area contributed by atoms with Crippen LogP contribution >= 0.6 is 11.6 Å². The smallest absolute Gasteiger partial charge is 0.253 e. The number of likely N-dealkylation sites (N-methyl/N-ethyl adjacent to an activating group) is 1. The molecule has 202 valence electrons. The summed E-state index contributed by atoms with van der Waals surface area (Å²) in [7, 11) is 3.26. The number of halogens is 1. The van der Waals surface area contributed by atoms with Gasteiger partial charge in [-0.15, -0.1) is 0 Å². The minimum absolute atomic E-state index is 0.0512. The van der Waals surface area contributed by atoms with Crippen LogP contribution in [0.4, 0.5) is 5.69 Å². The van der Waals surface area contributed by atoms with Gasteiger partial charge in [0.15, 0.2) is 0 Å². The van der Waals surface area contributed by atoms with Crippen LogP contribution in [0.2, 0.25) is 5.02 Å². The minimum atomic E-state index is -0.657. The molecule has 12 heteroatoms. The molecule has 11 nitrogen and oxygen atoms in total. The van der Waals surface area contributed by atoms with Gasteiger partial charge in [0.1, 0.15) is 30.3 Å². The third kappa shape index (κ3) is 7.83. The summed E-state index contributed by atoms with van der Waals surface area (Å²) in [6.45, 7) is 1.35. The van der Waals surface area contributed by atoms with Crippen molar-refractivity contribution in [3.63, 3.8) is 0 Å². The van der Waals surface area contributed by atoms with Crippen molar-refractivity contribution in [3.05, 3.63) is 60.0 Å². The molecule has 1 aliphatic rings. The first-order chi connectivity index (χ1) is 18.4. The van der Waals surface area contributed by atoms with Crippen LogP contribution in [0.5, 0.6) is 17.4 Å². The lowest BCUT2D eigenvalue weighted by Crippen LogP contribution is -2.32. The SMILES string of the molecule is COc1cc(O[C@H]2CO[C@H](C(=O)Nc3cnn(CC(=O)N(C)CCCOc4ccc(Cl)cc4)c3)C2)ccn1. The number of carbonyl (C=O) groups excluding carboxylic acids is 2. The van der Waals surface area contributed by atoms with Crippen LogP contribution in [-0.2, 0) is 20.9 Å². The molecule has 1 fully saturated rings. The summed E-state index contributed by atoms with van der Waals surface area (Å²) in [6.07, 6.45) is 4.84. The Morgan fingerprint density at radius 1 is 1.24 bits per heavy atom. The molecule has 0 spiro atoms. The maximum atomic E-state index is 12.7. The largest absolute Gasteiger partial charge is 0.494 e. The van der Waals surface area contributed by atoms with Crippen molar-refractivity contribution < 1.29 is 28.5 Å². The predicted octanol–water partition coefficient (Wildman–Crippen LogP) is 3.04. The molecule has 0 aliphatic carbocycles. The maximum absolute atomic E-state index is 12.7. The van der Waals surface area contributed by atoms with Gasteiger partial charge in [-0.25, -0.2) is 4.98 Å². The Labute approximate surface area is 225 Å². The predicted molar refractivity (Wildman–Crippen MR) is 140 cm³/mol. The molecule has 0 unspecified atom stereocenters. The molecule has 0 saturated carbocycles. The molecule has 1 N–H and O–H groups in total. The monoisotopic (exact) mass is 543 g/mol. The van der Waals surface area contributed by atoms with Gasteiger partial charge >= 0.3 is 0 Å². The number of hydrogen-bond donors (Lipinski definition) is 1. The van der Waals surface area contributed by atoms with E-state index in [1.54, 1.807) is 60.7 Å². The van der Waals surface area contributed by atoms with Crippen LogP contribution in [-0.4, -0.2) is 77.6 Å². The number of anilines is 1. The fourth-order valence-electron chi connectivity index (χ4n) is 3.78. The van der Waals surface area contributed by atoms with Gasteiger partial charge in [0, 0.05) is 43.5 Å². The minimum Gasteiger partial charge on any atom is -0.494 e. The Morgan fingerprint density at radius 3 is 2.84 bits per heavy atom. The van der Waals surface area contributed by atoms with Gasteiger partial charge < -0.3 is 29.2 Å². The molecule has 2 atom stereocenters. The van der Waals surface area contributed by atoms with E-state index in [9.17, 15) is 9.59 Å². The molecule has 1 saturated heterocycles. The van der Waals surface area contributed by atoms with Crippen molar-refractivity contribution in [2.24, 2.45) is 0 Å². The highest BCUT2D eigenvalue weighted by molar-refractivity contribution is 6.30. The lowest BCUT2D eigenvalue weighted by atomic mass is 10.2. The quantitative estimate of drug-likeness (QED) is 0.346. The van der Waals surface area contributed by atoms with E-state index in [0.717, 1.165) is 5.75 Å². The van der Waals surface area contributed by atoms with Crippen LogP contribution < -0.4 is 19.5 Å². The summed E-state index contributed by atoms with van der Waals surface area (Å²) < 4.78 is 23.7. The van der Waals surface area contributed by atoms with E-state index in [1.165, 1.54) is 18.0 Å². The first kappa shape index (κ1) is 27.2. The molecular weight excluding hydrogens is 514 g/mol. The van der Waals surface area contributed by atoms with Crippen molar-refractivity contribution in [1.82, 2.24) is 19.7 Å². The number of carbonyl (C=O) groups is 2. The van der Waals surface area contributed by atoms with Gasteiger partial charge in [0.05, 0.1) is 32.2 Å². The highest BCUT2D eigenvalue weighted by Crippen LogP contribution is 2.23. The van der Waals surface area contributed by atoms with E-state index < -0.39 is 6.10 Å². The van der Waals surface area contributed by atoms with E-state index in [0.29, 0.717) is 48.3 Å². The fraction of sp³-hybridized carbons (Fsp3) is 0.385. The molecule has 38 heavy (non-hydrogen) atoms. The number of amides is 2. The van der Waals surface area contributed by atoms with Gasteiger partial charge in [0.2, 0.25) is 11.8 Å². The highest BCUT2D eigenvalue weighted by atomic mass is 35.5. The van der Waals surface area contributed by atoms with Crippen LogP contribution in [0.25, 0.3) is 0 Å². The lowest BCUT2D eigenvalue weighted by Gasteiger charge is -2.17. The Kier molecular flexibility index (Phi) is 9.39. The van der Waals surface area contributed by atoms with Gasteiger partial charge in [0.25, 0.3) is 5.91 Å². The molecule has 1 aliphatic heterocycles. The Hall–Kier alpha value is -3.83. The van der Waals surface area contributed by atoms with Crippen molar-refractivity contribution in [3.8, 4) is 17.4 Å². The fourth-order valence-corrected chi connectivity index (χ4v) is 3.90. The Bertz CT molecular complexity index is 1220. The Morgan fingerprint density at radius 2 is 2.05 bits per heavy atom. The zero-order valence-corrected chi connectivity index (χ0v) is 22.0. The summed E-state index contributed by atoms with van der Waals surface area (Å²) in [5.41, 5.74) is 0.480. The van der Waals surface area contributed by atoms with Crippen molar-refractivity contribution >= 4 is 29.1 Å². The van der Waals surface area contributed by atoms with Crippen molar-refractivity contribution in [1.29, 1.82) is 0 Å². The number of methoxy groups -OCH3 is 1. The van der Waals surface area contributed by atoms with Crippen LogP contribution in [0.3, 0.4) is 0 Å². The summed E-state index contributed by atoms with van der Waals surface area (Å²) >= 11 is 5.87. The molecule has 1 aromatic carbocycles. The molecule has 0 bridgehead atoms. The summed E-state index contributed by atoms with van der Waals surface area (Å²) in [6, 6.07) is 10.5. The molecular formula is C26H30ClN5O6. The van der Waals surface area contributed by atoms with Gasteiger partial charge in [-0.3, -0.25) is 14.3 Å². The summed E-state index contributed by atoms with van der Waals surface area (Å²) in [5, 5.41) is 7.62. The Balaban J connectivity index is 1.17. The number of benzene rings is 1. The standard InChI is InChI=1S/C26H30ClN5O6/c1-31(10-3-11-36-20-6-4-18(27)5-7-20)25(33)16-32-15-19(14-29-32)30-26(34)23-12-22(17-37-23)38-21-8-9-28-24(13-21)35-2/h4-9,13-15,22-23H,3,10-12,16-17H2,1-2H3,(H,30,34)/t22-,23+/m1/s1. The zero-order valence-electron chi connectivity index (χ0n) is 21.2. The van der Waals surface area contributed by atoms with Crippen LogP contribution in [0.1, 0.15) is 12.8 Å². The summed E-state index contributed by atoms with van der Waals surface area (Å²) in [5.74, 6) is 1.36. The third-order valence-electron chi connectivity index (χ3n) is 5.81. The number of nitrogens with one attached hydrogen (secondary N) is 1. The van der Waals surface area contributed by atoms with Crippen molar-refractivity contribution in [2.75, 3.05) is 39.2 Å². The number of pyridine rings is 1. The second-order valence-electron chi connectivity index (χ2n) is 8.72. The van der Waals surface area contributed by atoms with Crippen molar-refractivity contribution in [2.45, 2.75) is 31.6 Å². The highest BCUT2D eigenvalue weighted by Gasteiger charge is 2.32. The normalized spacial score (nSPS) is 16.6. The first-order valence-corrected chi connectivity index (χ1v) is 12.5. The van der Waals surface area contributed by atoms with Gasteiger partial charge in [-0.1, -0.05) is 11.6 Å². The molecule has 2 amide bonds. The van der Waals surface area contributed by atoms with E-state index in [-0.39, 0.29) is 31.1 Å². The second-order valence-corrected chi connectivity index (χ2v) is 9.15. The van der Waals surface area contributed by atoms with E-state index in [2.05, 4.69) is 15.4 Å². The van der Waals surface area contributed by atoms with Gasteiger partial charge in [-0.05, 0) is 36.8 Å². The van der Waals surface area contributed by atoms with E-state index in [4.69, 9.17) is 30.5 Å². The topological polar surface area (TPSA) is 117 Å². The summed E-state index contributed by atoms with van der Waals surface area (Å²) in [4.78, 5) is 30.9. The number of hydrogen-bond acceptors (Lipinski definition) is 8. The third-order valence-corrected chi connectivity index (χ3v) is 6.07. The number of rotatable bonds is 12. The van der Waals surface area contributed by atoms with E-state index in [1.807, 2.05) is 0 Å². The number of ether oxygens (including phenoxy) is 4. The molecule has 3 heterocycles. The second kappa shape index (κ2) is 13.1. The zero-order chi connectivity index (χ0) is 26.9. The lowest BCUT2D eigenvalue weighted by molar-refractivity contribution is -0.130. The maximum Gasteiger partial charge on any atom is 0.253 e. The van der Waals surface area contributed by atoms with Crippen LogP contribution in [0.15, 0.2) is 55.0 Å². The molecule has 0 radical (unpaired) electrons. The molecule has 2 aromatic heterocycles. The first-order valence-electron chi connectivity index (χ1n) is 12.1. The van der Waals surface area contributed by atoms with Crippen LogP contribution in [0, 0.1) is 0 Å². The molecule has 4 rings (SSSR count). The van der Waals surface area contributed by atoms with Gasteiger partial charge in [-0.2, -0.15) is 5.10 Å².